The fourth-order valence-electron chi connectivity index (χ4n) is 3.07. The molecule has 0 amide bonds. The Kier molecular flexibility index (Phi) is 4.05. The Balaban J connectivity index is 1.41. The summed E-state index contributed by atoms with van der Waals surface area (Å²) in [5.41, 5.74) is 4.55. The first kappa shape index (κ1) is 16.9. The van der Waals surface area contributed by atoms with Gasteiger partial charge in [0.25, 0.3) is 0 Å². The van der Waals surface area contributed by atoms with Gasteiger partial charge in [0.05, 0.1) is 30.1 Å². The number of hydrogen-bond donors (Lipinski definition) is 0. The summed E-state index contributed by atoms with van der Waals surface area (Å²) in [5.74, 6) is 2.82. The van der Waals surface area contributed by atoms with Gasteiger partial charge in [0.2, 0.25) is 5.89 Å². The van der Waals surface area contributed by atoms with Gasteiger partial charge in [-0.05, 0) is 31.2 Å². The highest BCUT2D eigenvalue weighted by molar-refractivity contribution is 7.98. The zero-order valence-corrected chi connectivity index (χ0v) is 16.1. The molecule has 0 atom stereocenters. The minimum absolute atomic E-state index is 0.597. The first-order valence-electron chi connectivity index (χ1n) is 8.66. The van der Waals surface area contributed by atoms with E-state index in [1.165, 1.54) is 0 Å². The molecule has 0 aliphatic carbocycles. The first-order valence-corrected chi connectivity index (χ1v) is 9.65. The molecule has 8 heteroatoms. The second-order valence-electron chi connectivity index (χ2n) is 6.24. The Labute approximate surface area is 164 Å². The van der Waals surface area contributed by atoms with Crippen molar-refractivity contribution >= 4 is 28.4 Å². The highest BCUT2D eigenvalue weighted by atomic mass is 32.2. The molecule has 0 saturated carbocycles. The fraction of sp³-hybridized carbons (Fsp3) is 0.150. The number of nitrogens with zero attached hydrogens (tertiary/aromatic N) is 4. The van der Waals surface area contributed by atoms with E-state index < -0.39 is 0 Å². The van der Waals surface area contributed by atoms with Gasteiger partial charge in [-0.15, -0.1) is 10.2 Å². The van der Waals surface area contributed by atoms with Crippen molar-refractivity contribution in [3.8, 4) is 17.2 Å². The lowest BCUT2D eigenvalue weighted by molar-refractivity contribution is 0.415. The zero-order valence-electron chi connectivity index (χ0n) is 15.2. The van der Waals surface area contributed by atoms with Gasteiger partial charge in [-0.3, -0.25) is 4.40 Å². The number of methoxy groups -OCH3 is 1. The number of rotatable bonds is 5. The van der Waals surface area contributed by atoms with Gasteiger partial charge in [-0.25, -0.2) is 4.98 Å². The Morgan fingerprint density at radius 3 is 2.82 bits per heavy atom. The van der Waals surface area contributed by atoms with Crippen LogP contribution in [0.15, 0.2) is 62.8 Å². The van der Waals surface area contributed by atoms with E-state index in [1.54, 1.807) is 31.5 Å². The number of hydrogen-bond acceptors (Lipinski definition) is 7. The van der Waals surface area contributed by atoms with Crippen molar-refractivity contribution in [3.63, 3.8) is 0 Å². The monoisotopic (exact) mass is 392 g/mol. The van der Waals surface area contributed by atoms with Crippen LogP contribution < -0.4 is 4.74 Å². The molecule has 0 spiro atoms. The summed E-state index contributed by atoms with van der Waals surface area (Å²) in [5, 5.41) is 9.22. The van der Waals surface area contributed by atoms with Crippen molar-refractivity contribution in [2.45, 2.75) is 17.7 Å². The molecule has 0 radical (unpaired) electrons. The van der Waals surface area contributed by atoms with E-state index in [0.29, 0.717) is 11.6 Å². The van der Waals surface area contributed by atoms with Crippen molar-refractivity contribution in [1.82, 2.24) is 19.6 Å². The van der Waals surface area contributed by atoms with Crippen LogP contribution in [0.1, 0.15) is 11.5 Å². The standard InChI is InChI=1S/C20H16N4O3S/c1-12-15(22-19(27-12)13-3-5-14(25-2)6-4-13)10-28-20-17-9-18-16(7-8-26-18)24(17)11-21-23-20/h3-9,11H,10H2,1-2H3. The van der Waals surface area contributed by atoms with Gasteiger partial charge >= 0.3 is 0 Å². The number of benzene rings is 1. The molecule has 0 aliphatic heterocycles. The maximum atomic E-state index is 5.86. The van der Waals surface area contributed by atoms with Crippen LogP contribution in [0.25, 0.3) is 28.1 Å². The Hall–Kier alpha value is -3.26. The quantitative estimate of drug-likeness (QED) is 0.400. The number of ether oxygens (including phenoxy) is 1. The summed E-state index contributed by atoms with van der Waals surface area (Å²) < 4.78 is 18.5. The van der Waals surface area contributed by atoms with Crippen molar-refractivity contribution in [1.29, 1.82) is 0 Å². The van der Waals surface area contributed by atoms with Crippen molar-refractivity contribution in [3.05, 3.63) is 60.4 Å². The zero-order chi connectivity index (χ0) is 19.1. The van der Waals surface area contributed by atoms with Crippen LogP contribution >= 0.6 is 11.8 Å². The minimum atomic E-state index is 0.597. The molecule has 0 unspecified atom stereocenters. The van der Waals surface area contributed by atoms with Crippen LogP contribution in [0.3, 0.4) is 0 Å². The molecule has 0 bridgehead atoms. The van der Waals surface area contributed by atoms with Crippen LogP contribution in [-0.2, 0) is 5.75 Å². The third kappa shape index (κ3) is 2.82. The van der Waals surface area contributed by atoms with Crippen LogP contribution in [0, 0.1) is 6.92 Å². The highest BCUT2D eigenvalue weighted by Crippen LogP contribution is 2.31. The lowest BCUT2D eigenvalue weighted by Gasteiger charge is -2.01. The summed E-state index contributed by atoms with van der Waals surface area (Å²) in [6, 6.07) is 11.5. The highest BCUT2D eigenvalue weighted by Gasteiger charge is 2.15. The summed E-state index contributed by atoms with van der Waals surface area (Å²) in [7, 11) is 1.64. The van der Waals surface area contributed by atoms with Gasteiger partial charge in [0, 0.05) is 23.4 Å². The molecule has 0 saturated heterocycles. The molecule has 140 valence electrons. The molecule has 0 fully saturated rings. The summed E-state index contributed by atoms with van der Waals surface area (Å²) >= 11 is 1.57. The predicted octanol–water partition coefficient (Wildman–Crippen LogP) is 4.74. The number of aromatic nitrogens is 4. The van der Waals surface area contributed by atoms with Crippen molar-refractivity contribution in [2.75, 3.05) is 7.11 Å². The molecule has 0 N–H and O–H groups in total. The minimum Gasteiger partial charge on any atom is -0.497 e. The number of fused-ring (bicyclic) bond motifs is 3. The summed E-state index contributed by atoms with van der Waals surface area (Å²) in [6.07, 6.45) is 3.37. The SMILES string of the molecule is COc1ccc(-c2nc(CSc3nncn4c3cc3occc34)c(C)o2)cc1. The van der Waals surface area contributed by atoms with Crippen molar-refractivity contribution < 1.29 is 13.6 Å². The average Bonchev–Trinajstić information content (AvgIpc) is 3.41. The summed E-state index contributed by atoms with van der Waals surface area (Å²) in [6.45, 7) is 1.92. The van der Waals surface area contributed by atoms with Gasteiger partial charge in [-0.1, -0.05) is 11.8 Å². The molecule has 4 aromatic heterocycles. The molecular weight excluding hydrogens is 376 g/mol. The van der Waals surface area contributed by atoms with Gasteiger partial charge in [0.1, 0.15) is 22.9 Å². The fourth-order valence-corrected chi connectivity index (χ4v) is 4.02. The van der Waals surface area contributed by atoms with Crippen molar-refractivity contribution in [2.24, 2.45) is 0 Å². The van der Waals surface area contributed by atoms with Crippen LogP contribution in [0.4, 0.5) is 0 Å². The summed E-state index contributed by atoms with van der Waals surface area (Å²) in [4.78, 5) is 4.66. The molecule has 1 aromatic carbocycles. The van der Waals surface area contributed by atoms with E-state index in [4.69, 9.17) is 13.6 Å². The third-order valence-electron chi connectivity index (χ3n) is 4.57. The third-order valence-corrected chi connectivity index (χ3v) is 5.55. The molecule has 5 rings (SSSR count). The van der Waals surface area contributed by atoms with Gasteiger partial charge in [-0.2, -0.15) is 0 Å². The first-order chi connectivity index (χ1) is 13.7. The molecule has 5 aromatic rings. The van der Waals surface area contributed by atoms with Crippen LogP contribution in [-0.4, -0.2) is 26.7 Å². The molecular formula is C20H16N4O3S. The number of oxazole rings is 1. The molecule has 0 aliphatic rings. The topological polar surface area (TPSA) is 78.6 Å². The smallest absolute Gasteiger partial charge is 0.226 e. The number of aryl methyl sites for hydroxylation is 1. The molecule has 4 heterocycles. The van der Waals surface area contributed by atoms with E-state index >= 15 is 0 Å². The lowest BCUT2D eigenvalue weighted by Crippen LogP contribution is -1.94. The average molecular weight is 392 g/mol. The number of furan rings is 1. The largest absolute Gasteiger partial charge is 0.497 e. The van der Waals surface area contributed by atoms with Crippen LogP contribution in [0.5, 0.6) is 5.75 Å². The second-order valence-corrected chi connectivity index (χ2v) is 7.21. The normalized spacial score (nSPS) is 11.5. The lowest BCUT2D eigenvalue weighted by atomic mass is 10.2. The molecule has 28 heavy (non-hydrogen) atoms. The van der Waals surface area contributed by atoms with E-state index in [2.05, 4.69) is 15.2 Å². The van der Waals surface area contributed by atoms with Gasteiger partial charge < -0.3 is 13.6 Å². The molecule has 7 nitrogen and oxygen atoms in total. The Morgan fingerprint density at radius 1 is 1.14 bits per heavy atom. The van der Waals surface area contributed by atoms with E-state index in [1.807, 2.05) is 47.7 Å². The van der Waals surface area contributed by atoms with E-state index in [9.17, 15) is 0 Å². The van der Waals surface area contributed by atoms with Crippen LogP contribution in [0.2, 0.25) is 0 Å². The number of thioether (sulfide) groups is 1. The van der Waals surface area contributed by atoms with E-state index in [-0.39, 0.29) is 0 Å². The second kappa shape index (κ2) is 6.72. The maximum absolute atomic E-state index is 5.86. The maximum Gasteiger partial charge on any atom is 0.226 e. The predicted molar refractivity (Wildman–Crippen MR) is 106 cm³/mol. The Morgan fingerprint density at radius 2 is 2.00 bits per heavy atom. The van der Waals surface area contributed by atoms with E-state index in [0.717, 1.165) is 44.4 Å². The Bertz CT molecular complexity index is 1270. The van der Waals surface area contributed by atoms with Gasteiger partial charge in [0.15, 0.2) is 5.58 Å².